The summed E-state index contributed by atoms with van der Waals surface area (Å²) in [6.45, 7) is 0.824. The van der Waals surface area contributed by atoms with Crippen molar-refractivity contribution >= 4 is 17.8 Å². The van der Waals surface area contributed by atoms with E-state index in [1.807, 2.05) is 36.4 Å². The molecule has 2 heterocycles. The minimum absolute atomic E-state index is 0.0408. The van der Waals surface area contributed by atoms with Crippen LogP contribution in [0.1, 0.15) is 17.7 Å². The summed E-state index contributed by atoms with van der Waals surface area (Å²) in [6.07, 6.45) is 2.22. The van der Waals surface area contributed by atoms with E-state index in [2.05, 4.69) is 0 Å². The topological polar surface area (TPSA) is 74.1 Å². The van der Waals surface area contributed by atoms with E-state index in [-0.39, 0.29) is 24.3 Å². The van der Waals surface area contributed by atoms with E-state index in [4.69, 9.17) is 4.42 Å². The average Bonchev–Trinajstić information content (AvgIpc) is 3.26. The summed E-state index contributed by atoms with van der Waals surface area (Å²) in [4.78, 5) is 41.2. The average molecular weight is 369 g/mol. The maximum Gasteiger partial charge on any atom is 0.326 e. The monoisotopic (exact) mass is 369 g/mol. The van der Waals surface area contributed by atoms with Crippen LogP contribution in [0.25, 0.3) is 0 Å². The molecule has 1 atom stereocenters. The predicted octanol–water partition coefficient (Wildman–Crippen LogP) is 2.13. The molecule has 142 valence electrons. The Balaban J connectivity index is 1.70. The van der Waals surface area contributed by atoms with Gasteiger partial charge in [-0.15, -0.1) is 0 Å². The lowest BCUT2D eigenvalue weighted by atomic mass is 10.1. The van der Waals surface area contributed by atoms with Crippen molar-refractivity contribution in [1.29, 1.82) is 0 Å². The van der Waals surface area contributed by atoms with Crippen LogP contribution < -0.4 is 0 Å². The summed E-state index contributed by atoms with van der Waals surface area (Å²) >= 11 is 0. The van der Waals surface area contributed by atoms with Gasteiger partial charge in [0, 0.05) is 20.6 Å². The third kappa shape index (κ3) is 4.19. The van der Waals surface area contributed by atoms with E-state index in [0.717, 1.165) is 10.5 Å². The highest BCUT2D eigenvalue weighted by Crippen LogP contribution is 2.19. The molecule has 1 aromatic carbocycles. The number of rotatable bonds is 7. The van der Waals surface area contributed by atoms with Gasteiger partial charge in [0.05, 0.1) is 19.2 Å². The van der Waals surface area contributed by atoms with Gasteiger partial charge in [-0.05, 0) is 24.1 Å². The number of benzene rings is 1. The molecule has 0 saturated carbocycles. The number of nitrogens with zero attached hydrogens (tertiary/aromatic N) is 3. The van der Waals surface area contributed by atoms with Crippen molar-refractivity contribution in [3.63, 3.8) is 0 Å². The molecule has 0 N–H and O–H groups in total. The molecule has 1 fully saturated rings. The number of likely N-dealkylation sites (N-methyl/N-ethyl adjacent to an activating group) is 2. The third-order valence-corrected chi connectivity index (χ3v) is 4.83. The molecule has 0 bridgehead atoms. The van der Waals surface area contributed by atoms with Crippen LogP contribution in [0.15, 0.2) is 53.1 Å². The molecule has 0 spiro atoms. The van der Waals surface area contributed by atoms with Gasteiger partial charge in [-0.25, -0.2) is 4.79 Å². The molecule has 4 amide bonds. The molecule has 3 rings (SSSR count). The van der Waals surface area contributed by atoms with Gasteiger partial charge in [0.15, 0.2) is 0 Å². The standard InChI is InChI=1S/C20H23N3O4/c1-21-17(19(25)22(2)20(21)26)13-18(24)23(14-16-9-6-12-27-16)11-10-15-7-4-3-5-8-15/h3-9,12,17H,10-11,13-14H2,1-2H3. The molecule has 0 aliphatic carbocycles. The van der Waals surface area contributed by atoms with Crippen LogP contribution >= 0.6 is 0 Å². The van der Waals surface area contributed by atoms with Crippen molar-refractivity contribution < 1.29 is 18.8 Å². The summed E-state index contributed by atoms with van der Waals surface area (Å²) in [7, 11) is 2.98. The van der Waals surface area contributed by atoms with Gasteiger partial charge in [0.2, 0.25) is 5.91 Å². The van der Waals surface area contributed by atoms with E-state index in [1.54, 1.807) is 24.3 Å². The van der Waals surface area contributed by atoms with Gasteiger partial charge in [-0.2, -0.15) is 0 Å². The Labute approximate surface area is 158 Å². The number of amides is 4. The summed E-state index contributed by atoms with van der Waals surface area (Å²) in [5.41, 5.74) is 1.12. The number of carbonyl (C=O) groups excluding carboxylic acids is 3. The third-order valence-electron chi connectivity index (χ3n) is 4.83. The second kappa shape index (κ2) is 8.07. The minimum atomic E-state index is -0.758. The second-order valence-electron chi connectivity index (χ2n) is 6.64. The number of furan rings is 1. The molecule has 1 aliphatic rings. The number of urea groups is 1. The molecular formula is C20H23N3O4. The van der Waals surface area contributed by atoms with E-state index in [0.29, 0.717) is 25.3 Å². The van der Waals surface area contributed by atoms with Gasteiger partial charge >= 0.3 is 6.03 Å². The largest absolute Gasteiger partial charge is 0.467 e. The fourth-order valence-electron chi connectivity index (χ4n) is 3.16. The number of hydrogen-bond donors (Lipinski definition) is 0. The Hall–Kier alpha value is -3.09. The predicted molar refractivity (Wildman–Crippen MR) is 98.6 cm³/mol. The van der Waals surface area contributed by atoms with Crippen LogP contribution in [0.3, 0.4) is 0 Å². The van der Waals surface area contributed by atoms with Crippen LogP contribution in [0.2, 0.25) is 0 Å². The fourth-order valence-corrected chi connectivity index (χ4v) is 3.16. The van der Waals surface area contributed by atoms with E-state index in [9.17, 15) is 14.4 Å². The van der Waals surface area contributed by atoms with E-state index >= 15 is 0 Å². The SMILES string of the molecule is CN1C(=O)C(CC(=O)N(CCc2ccccc2)Cc2ccco2)N(C)C1=O. The summed E-state index contributed by atoms with van der Waals surface area (Å²) < 4.78 is 5.38. The molecular weight excluding hydrogens is 346 g/mol. The Kier molecular flexibility index (Phi) is 5.59. The maximum atomic E-state index is 12.9. The van der Waals surface area contributed by atoms with Crippen LogP contribution in [-0.4, -0.2) is 59.2 Å². The van der Waals surface area contributed by atoms with Gasteiger partial charge in [-0.1, -0.05) is 30.3 Å². The Morgan fingerprint density at radius 2 is 1.85 bits per heavy atom. The van der Waals surface area contributed by atoms with Crippen molar-refractivity contribution in [3.05, 3.63) is 60.1 Å². The quantitative estimate of drug-likeness (QED) is 0.701. The Morgan fingerprint density at radius 3 is 2.44 bits per heavy atom. The Morgan fingerprint density at radius 1 is 1.11 bits per heavy atom. The summed E-state index contributed by atoms with van der Waals surface area (Å²) in [5.74, 6) is 0.142. The van der Waals surface area contributed by atoms with Crippen molar-refractivity contribution in [2.75, 3.05) is 20.6 Å². The van der Waals surface area contributed by atoms with Crippen LogP contribution in [0.4, 0.5) is 4.79 Å². The molecule has 7 nitrogen and oxygen atoms in total. The number of imide groups is 1. The molecule has 7 heteroatoms. The van der Waals surface area contributed by atoms with Crippen molar-refractivity contribution in [2.24, 2.45) is 0 Å². The zero-order valence-electron chi connectivity index (χ0n) is 15.5. The first-order valence-corrected chi connectivity index (χ1v) is 8.86. The molecule has 1 unspecified atom stereocenters. The second-order valence-corrected chi connectivity index (χ2v) is 6.64. The first-order valence-electron chi connectivity index (χ1n) is 8.86. The molecule has 0 radical (unpaired) electrons. The lowest BCUT2D eigenvalue weighted by Gasteiger charge is -2.24. The number of carbonyl (C=O) groups is 3. The molecule has 2 aromatic rings. The molecule has 1 saturated heterocycles. The highest BCUT2D eigenvalue weighted by Gasteiger charge is 2.42. The van der Waals surface area contributed by atoms with Gasteiger partial charge in [0.1, 0.15) is 11.8 Å². The molecule has 1 aromatic heterocycles. The fraction of sp³-hybridized carbons (Fsp3) is 0.350. The molecule has 1 aliphatic heterocycles. The van der Waals surface area contributed by atoms with Crippen molar-refractivity contribution in [1.82, 2.24) is 14.7 Å². The van der Waals surface area contributed by atoms with Crippen LogP contribution in [0, 0.1) is 0 Å². The lowest BCUT2D eigenvalue weighted by molar-refractivity contribution is -0.137. The normalized spacial score (nSPS) is 16.9. The van der Waals surface area contributed by atoms with E-state index < -0.39 is 6.04 Å². The Bertz CT molecular complexity index is 804. The zero-order chi connectivity index (χ0) is 19.4. The highest BCUT2D eigenvalue weighted by atomic mass is 16.3. The van der Waals surface area contributed by atoms with Gasteiger partial charge < -0.3 is 14.2 Å². The van der Waals surface area contributed by atoms with Crippen molar-refractivity contribution in [3.8, 4) is 0 Å². The number of hydrogen-bond acceptors (Lipinski definition) is 4. The maximum absolute atomic E-state index is 12.9. The van der Waals surface area contributed by atoms with Crippen LogP contribution in [0.5, 0.6) is 0 Å². The van der Waals surface area contributed by atoms with Crippen molar-refractivity contribution in [2.45, 2.75) is 25.4 Å². The van der Waals surface area contributed by atoms with Gasteiger partial charge in [0.25, 0.3) is 5.91 Å². The van der Waals surface area contributed by atoms with Gasteiger partial charge in [-0.3, -0.25) is 14.5 Å². The molecule has 27 heavy (non-hydrogen) atoms. The van der Waals surface area contributed by atoms with E-state index in [1.165, 1.54) is 11.9 Å². The smallest absolute Gasteiger partial charge is 0.326 e. The summed E-state index contributed by atoms with van der Waals surface area (Å²) in [5, 5.41) is 0. The first kappa shape index (κ1) is 18.7. The zero-order valence-corrected chi connectivity index (χ0v) is 15.5. The minimum Gasteiger partial charge on any atom is -0.467 e. The lowest BCUT2D eigenvalue weighted by Crippen LogP contribution is -2.40. The first-order chi connectivity index (χ1) is 13.0. The van der Waals surface area contributed by atoms with Crippen LogP contribution in [-0.2, 0) is 22.6 Å². The summed E-state index contributed by atoms with van der Waals surface area (Å²) in [6, 6.07) is 12.3. The highest BCUT2D eigenvalue weighted by molar-refractivity contribution is 6.05.